The smallest absolute Gasteiger partial charge is 0.414 e. The van der Waals surface area contributed by atoms with Gasteiger partial charge in [0.15, 0.2) is 0 Å². The Morgan fingerprint density at radius 1 is 1.04 bits per heavy atom. The summed E-state index contributed by atoms with van der Waals surface area (Å²) in [7, 11) is 0. The predicted octanol–water partition coefficient (Wildman–Crippen LogP) is 5.01. The van der Waals surface area contributed by atoms with Crippen molar-refractivity contribution in [2.45, 2.75) is 59.3 Å². The van der Waals surface area contributed by atoms with Crippen LogP contribution in [0.1, 0.15) is 47.1 Å². The number of rotatable bonds is 2. The Morgan fingerprint density at radius 2 is 1.52 bits per heavy atom. The molecule has 1 aromatic rings. The fourth-order valence-corrected chi connectivity index (χ4v) is 2.31. The van der Waals surface area contributed by atoms with E-state index in [0.29, 0.717) is 5.02 Å². The number of hydrogen-bond donors (Lipinski definition) is 2. The van der Waals surface area contributed by atoms with E-state index in [1.54, 1.807) is 59.7 Å². The number of halogens is 2. The molecule has 0 aliphatic heterocycles. The van der Waals surface area contributed by atoms with Gasteiger partial charge in [-0.2, -0.15) is 0 Å². The lowest BCUT2D eigenvalue weighted by Gasteiger charge is -2.22. The van der Waals surface area contributed by atoms with E-state index in [1.807, 2.05) is 0 Å². The van der Waals surface area contributed by atoms with Crippen molar-refractivity contribution in [3.8, 4) is 0 Å². The van der Waals surface area contributed by atoms with Crippen molar-refractivity contribution in [3.63, 3.8) is 0 Å². The molecule has 0 bridgehead atoms. The third kappa shape index (κ3) is 10.2. The van der Waals surface area contributed by atoms with Crippen LogP contribution in [0.3, 0.4) is 0 Å². The lowest BCUT2D eigenvalue weighted by molar-refractivity contribution is 0.0545. The topological polar surface area (TPSA) is 89.0 Å². The van der Waals surface area contributed by atoms with Crippen LogP contribution in [0.25, 0.3) is 0 Å². The molecule has 0 atom stereocenters. The monoisotopic (exact) mass is 461 g/mol. The molecule has 1 rings (SSSR count). The zero-order chi connectivity index (χ0) is 20.8. The largest absolute Gasteiger partial charge is 0.444 e. The summed E-state index contributed by atoms with van der Waals surface area (Å²) in [4.78, 5) is 28.3. The minimum Gasteiger partial charge on any atom is -0.444 e. The van der Waals surface area contributed by atoms with Gasteiger partial charge in [-0.1, -0.05) is 27.5 Å². The average molecular weight is 463 g/mol. The second kappa shape index (κ2) is 9.41. The van der Waals surface area contributed by atoms with Crippen molar-refractivity contribution in [1.82, 2.24) is 10.6 Å². The van der Waals surface area contributed by atoms with E-state index in [9.17, 15) is 9.59 Å². The van der Waals surface area contributed by atoms with Gasteiger partial charge in [-0.25, -0.2) is 14.6 Å². The maximum Gasteiger partial charge on any atom is 0.414 e. The van der Waals surface area contributed by atoms with Crippen LogP contribution >= 0.6 is 27.5 Å². The molecule has 0 unspecified atom stereocenters. The Morgan fingerprint density at radius 3 is 1.96 bits per heavy atom. The SMILES string of the molecule is CC(C)(C)OC(=O)NC(=NCc1cc(Cl)ccc1Br)NC(=O)OC(C)(C)C. The summed E-state index contributed by atoms with van der Waals surface area (Å²) >= 11 is 9.41. The van der Waals surface area contributed by atoms with E-state index >= 15 is 0 Å². The molecule has 2 amide bonds. The summed E-state index contributed by atoms with van der Waals surface area (Å²) in [5, 5.41) is 5.39. The lowest BCUT2D eigenvalue weighted by Crippen LogP contribution is -2.47. The van der Waals surface area contributed by atoms with E-state index in [2.05, 4.69) is 31.6 Å². The zero-order valence-electron chi connectivity index (χ0n) is 16.3. The molecule has 2 N–H and O–H groups in total. The first kappa shape index (κ1) is 23.2. The van der Waals surface area contributed by atoms with Crippen molar-refractivity contribution in [2.24, 2.45) is 4.99 Å². The summed E-state index contributed by atoms with van der Waals surface area (Å²) in [6.45, 7) is 10.5. The number of carbonyl (C=O) groups excluding carboxylic acids is 2. The number of amides is 2. The molecule has 0 heterocycles. The second-order valence-electron chi connectivity index (χ2n) is 7.65. The average Bonchev–Trinajstić information content (AvgIpc) is 2.43. The van der Waals surface area contributed by atoms with Gasteiger partial charge in [0.1, 0.15) is 11.2 Å². The van der Waals surface area contributed by atoms with Gasteiger partial charge in [-0.15, -0.1) is 0 Å². The van der Waals surface area contributed by atoms with E-state index in [0.717, 1.165) is 10.0 Å². The minimum atomic E-state index is -0.748. The quantitative estimate of drug-likeness (QED) is 0.478. The van der Waals surface area contributed by atoms with Gasteiger partial charge in [0.05, 0.1) is 6.54 Å². The van der Waals surface area contributed by atoms with E-state index in [1.165, 1.54) is 0 Å². The van der Waals surface area contributed by atoms with E-state index in [-0.39, 0.29) is 12.5 Å². The highest BCUT2D eigenvalue weighted by Gasteiger charge is 2.21. The third-order valence-electron chi connectivity index (χ3n) is 2.65. The number of hydrogen-bond acceptors (Lipinski definition) is 5. The van der Waals surface area contributed by atoms with Gasteiger partial charge in [0, 0.05) is 9.50 Å². The maximum absolute atomic E-state index is 12.0. The molecule has 1 aromatic carbocycles. The van der Waals surface area contributed by atoms with Crippen LogP contribution in [0.4, 0.5) is 9.59 Å². The highest BCUT2D eigenvalue weighted by molar-refractivity contribution is 9.10. The van der Waals surface area contributed by atoms with Gasteiger partial charge in [0.2, 0.25) is 5.96 Å². The van der Waals surface area contributed by atoms with Gasteiger partial charge >= 0.3 is 12.2 Å². The van der Waals surface area contributed by atoms with Crippen LogP contribution in [0, 0.1) is 0 Å². The Balaban J connectivity index is 2.96. The molecule has 150 valence electrons. The summed E-state index contributed by atoms with van der Waals surface area (Å²) in [5.41, 5.74) is -0.620. The number of nitrogens with one attached hydrogen (secondary N) is 2. The molecule has 0 aliphatic rings. The van der Waals surface area contributed by atoms with Crippen LogP contribution in [0.5, 0.6) is 0 Å². The molecule has 0 aliphatic carbocycles. The number of aliphatic imine (C=N–C) groups is 1. The number of benzene rings is 1. The van der Waals surface area contributed by atoms with Gasteiger partial charge < -0.3 is 9.47 Å². The van der Waals surface area contributed by atoms with Crippen LogP contribution < -0.4 is 10.6 Å². The van der Waals surface area contributed by atoms with Crippen LogP contribution in [0.2, 0.25) is 5.02 Å². The summed E-state index contributed by atoms with van der Waals surface area (Å²) in [6, 6.07) is 5.25. The minimum absolute atomic E-state index is 0.0922. The van der Waals surface area contributed by atoms with E-state index in [4.69, 9.17) is 21.1 Å². The molecule has 27 heavy (non-hydrogen) atoms. The van der Waals surface area contributed by atoms with Gasteiger partial charge in [-0.3, -0.25) is 10.6 Å². The molecular weight excluding hydrogens is 438 g/mol. The molecule has 0 saturated carbocycles. The Labute approximate surface area is 173 Å². The highest BCUT2D eigenvalue weighted by Crippen LogP contribution is 2.21. The first-order chi connectivity index (χ1) is 12.2. The summed E-state index contributed by atoms with van der Waals surface area (Å²) in [6.07, 6.45) is -1.50. The standard InChI is InChI=1S/C18H25BrClN3O4/c1-17(2,3)26-15(24)22-14(23-16(25)27-18(4,5)6)21-10-11-9-12(20)7-8-13(11)19/h7-9H,10H2,1-6H3,(H2,21,22,23,24,25). The van der Waals surface area contributed by atoms with Crippen molar-refractivity contribution < 1.29 is 19.1 Å². The van der Waals surface area contributed by atoms with Gasteiger partial charge in [-0.05, 0) is 65.3 Å². The number of nitrogens with zero attached hydrogens (tertiary/aromatic N) is 1. The van der Waals surface area contributed by atoms with Crippen LogP contribution in [-0.2, 0) is 16.0 Å². The number of carbonyl (C=O) groups is 2. The molecule has 0 radical (unpaired) electrons. The van der Waals surface area contributed by atoms with Crippen molar-refractivity contribution in [2.75, 3.05) is 0 Å². The Bertz CT molecular complexity index is 692. The van der Waals surface area contributed by atoms with Gasteiger partial charge in [0.25, 0.3) is 0 Å². The maximum atomic E-state index is 12.0. The number of ether oxygens (including phenoxy) is 2. The van der Waals surface area contributed by atoms with Crippen molar-refractivity contribution in [1.29, 1.82) is 0 Å². The Kier molecular flexibility index (Phi) is 8.10. The molecule has 9 heteroatoms. The molecular formula is C18H25BrClN3O4. The predicted molar refractivity (Wildman–Crippen MR) is 109 cm³/mol. The first-order valence-electron chi connectivity index (χ1n) is 8.23. The third-order valence-corrected chi connectivity index (χ3v) is 3.66. The van der Waals surface area contributed by atoms with E-state index < -0.39 is 23.4 Å². The van der Waals surface area contributed by atoms with Crippen LogP contribution in [0.15, 0.2) is 27.7 Å². The fraction of sp³-hybridized carbons (Fsp3) is 0.500. The normalized spacial score (nSPS) is 11.4. The Hall–Kier alpha value is -1.80. The molecule has 0 fully saturated rings. The number of alkyl carbamates (subject to hydrolysis) is 2. The number of guanidine groups is 1. The zero-order valence-corrected chi connectivity index (χ0v) is 18.6. The fourth-order valence-electron chi connectivity index (χ4n) is 1.74. The van der Waals surface area contributed by atoms with Crippen LogP contribution in [-0.4, -0.2) is 29.3 Å². The summed E-state index contributed by atoms with van der Waals surface area (Å²) < 4.78 is 11.2. The second-order valence-corrected chi connectivity index (χ2v) is 8.95. The van der Waals surface area contributed by atoms with Crippen molar-refractivity contribution >= 4 is 45.7 Å². The van der Waals surface area contributed by atoms with Crippen molar-refractivity contribution in [3.05, 3.63) is 33.3 Å². The molecule has 0 aromatic heterocycles. The lowest BCUT2D eigenvalue weighted by atomic mass is 10.2. The summed E-state index contributed by atoms with van der Waals surface area (Å²) in [5.74, 6) is -0.0922. The molecule has 0 saturated heterocycles. The highest BCUT2D eigenvalue weighted by atomic mass is 79.9. The first-order valence-corrected chi connectivity index (χ1v) is 9.41. The molecule has 7 nitrogen and oxygen atoms in total. The molecule has 0 spiro atoms.